The number of hydrogen-bond acceptors (Lipinski definition) is 3. The molecule has 4 nitrogen and oxygen atoms in total. The maximum atomic E-state index is 9.43. The number of anilines is 1. The van der Waals surface area contributed by atoms with Crippen LogP contribution < -0.4 is 5.73 Å². The quantitative estimate of drug-likeness (QED) is 0.758. The van der Waals surface area contributed by atoms with Gasteiger partial charge in [-0.05, 0) is 29.3 Å². The molecule has 1 heterocycles. The second kappa shape index (κ2) is 6.96. The van der Waals surface area contributed by atoms with E-state index in [1.54, 1.807) is 4.68 Å². The summed E-state index contributed by atoms with van der Waals surface area (Å²) in [6.07, 6.45) is 0.459. The molecule has 24 heavy (non-hydrogen) atoms. The van der Waals surface area contributed by atoms with E-state index < -0.39 is 0 Å². The molecule has 0 spiro atoms. The Morgan fingerprint density at radius 2 is 1.79 bits per heavy atom. The third kappa shape index (κ3) is 3.38. The van der Waals surface area contributed by atoms with Gasteiger partial charge in [0.25, 0.3) is 0 Å². The molecular formula is C18H14Cl2N4. The zero-order valence-corrected chi connectivity index (χ0v) is 14.2. The molecule has 2 aromatic carbocycles. The van der Waals surface area contributed by atoms with Crippen molar-refractivity contribution in [2.45, 2.75) is 13.0 Å². The Bertz CT molecular complexity index is 908. The van der Waals surface area contributed by atoms with E-state index in [1.807, 2.05) is 48.5 Å². The van der Waals surface area contributed by atoms with E-state index in [0.29, 0.717) is 40.1 Å². The summed E-state index contributed by atoms with van der Waals surface area (Å²) < 4.78 is 1.63. The molecule has 0 saturated carbocycles. The fourth-order valence-electron chi connectivity index (χ4n) is 2.48. The molecule has 1 aromatic heterocycles. The van der Waals surface area contributed by atoms with Gasteiger partial charge >= 0.3 is 0 Å². The fraction of sp³-hybridized carbons (Fsp3) is 0.111. The average molecular weight is 357 g/mol. The summed E-state index contributed by atoms with van der Waals surface area (Å²) in [7, 11) is 0. The highest BCUT2D eigenvalue weighted by Crippen LogP contribution is 2.24. The van der Waals surface area contributed by atoms with E-state index in [9.17, 15) is 5.26 Å². The predicted molar refractivity (Wildman–Crippen MR) is 96.2 cm³/mol. The molecule has 6 heteroatoms. The molecule has 0 fully saturated rings. The van der Waals surface area contributed by atoms with Crippen LogP contribution in [0.3, 0.4) is 0 Å². The van der Waals surface area contributed by atoms with Crippen LogP contribution in [0.4, 0.5) is 5.82 Å². The lowest BCUT2D eigenvalue weighted by molar-refractivity contribution is 0.685. The van der Waals surface area contributed by atoms with E-state index in [1.165, 1.54) is 0 Å². The molecule has 2 N–H and O–H groups in total. The fourth-order valence-corrected chi connectivity index (χ4v) is 2.81. The van der Waals surface area contributed by atoms with Crippen LogP contribution in [-0.4, -0.2) is 9.78 Å². The summed E-state index contributed by atoms with van der Waals surface area (Å²) in [6, 6.07) is 17.1. The van der Waals surface area contributed by atoms with E-state index in [2.05, 4.69) is 11.2 Å². The summed E-state index contributed by atoms with van der Waals surface area (Å²) in [5, 5.41) is 15.3. The first-order chi connectivity index (χ1) is 11.6. The monoisotopic (exact) mass is 356 g/mol. The van der Waals surface area contributed by atoms with Crippen molar-refractivity contribution in [2.75, 3.05) is 5.73 Å². The molecule has 3 rings (SSSR count). The van der Waals surface area contributed by atoms with Gasteiger partial charge in [0, 0.05) is 16.5 Å². The van der Waals surface area contributed by atoms with Crippen molar-refractivity contribution in [2.24, 2.45) is 0 Å². The number of hydrogen-bond donors (Lipinski definition) is 1. The summed E-state index contributed by atoms with van der Waals surface area (Å²) >= 11 is 12.1. The summed E-state index contributed by atoms with van der Waals surface area (Å²) in [4.78, 5) is 0. The van der Waals surface area contributed by atoms with Crippen LogP contribution in [0.15, 0.2) is 48.5 Å². The van der Waals surface area contributed by atoms with Crippen molar-refractivity contribution >= 4 is 29.0 Å². The molecule has 0 saturated heterocycles. The number of nitrogen functional groups attached to an aromatic ring is 1. The van der Waals surface area contributed by atoms with Crippen LogP contribution in [0.5, 0.6) is 0 Å². The normalized spacial score (nSPS) is 10.5. The number of rotatable bonds is 4. The lowest BCUT2D eigenvalue weighted by atomic mass is 10.1. The van der Waals surface area contributed by atoms with Gasteiger partial charge in [-0.2, -0.15) is 10.4 Å². The molecule has 0 radical (unpaired) electrons. The minimum atomic E-state index is 0.356. The van der Waals surface area contributed by atoms with Crippen molar-refractivity contribution in [3.63, 3.8) is 0 Å². The van der Waals surface area contributed by atoms with Gasteiger partial charge in [0.1, 0.15) is 17.5 Å². The average Bonchev–Trinajstić information content (AvgIpc) is 2.87. The van der Waals surface area contributed by atoms with Crippen molar-refractivity contribution in [1.82, 2.24) is 9.78 Å². The van der Waals surface area contributed by atoms with E-state index in [-0.39, 0.29) is 0 Å². The van der Waals surface area contributed by atoms with Crippen LogP contribution in [0.1, 0.15) is 22.4 Å². The predicted octanol–water partition coefficient (Wildman–Crippen LogP) is 4.28. The van der Waals surface area contributed by atoms with Gasteiger partial charge in [-0.15, -0.1) is 0 Å². The van der Waals surface area contributed by atoms with Crippen LogP contribution in [0.2, 0.25) is 10.0 Å². The molecule has 0 aliphatic carbocycles. The van der Waals surface area contributed by atoms with Gasteiger partial charge in [-0.1, -0.05) is 53.5 Å². The Kier molecular flexibility index (Phi) is 4.75. The second-order valence-corrected chi connectivity index (χ2v) is 6.21. The molecule has 0 aliphatic heterocycles. The third-order valence-electron chi connectivity index (χ3n) is 3.74. The topological polar surface area (TPSA) is 67.6 Å². The standard InChI is InChI=1S/C18H14Cl2N4/c19-14-7-5-12(6-8-14)11-24-18(22)15(10-21)17(23-24)9-13-3-1-2-4-16(13)20/h1-8H,9,11,22H2. The number of aromatic nitrogens is 2. The first-order valence-electron chi connectivity index (χ1n) is 7.31. The van der Waals surface area contributed by atoms with Crippen molar-refractivity contribution in [3.05, 3.63) is 81.0 Å². The summed E-state index contributed by atoms with van der Waals surface area (Å²) in [6.45, 7) is 0.472. The van der Waals surface area contributed by atoms with Gasteiger partial charge in [-0.3, -0.25) is 0 Å². The number of nitrogens with two attached hydrogens (primary N) is 1. The Hall–Kier alpha value is -2.48. The first kappa shape index (κ1) is 16.4. The van der Waals surface area contributed by atoms with Gasteiger partial charge < -0.3 is 5.73 Å². The molecule has 0 aliphatic rings. The van der Waals surface area contributed by atoms with Gasteiger partial charge in [0.2, 0.25) is 0 Å². The Balaban J connectivity index is 1.92. The lowest BCUT2D eigenvalue weighted by Gasteiger charge is -2.04. The first-order valence-corrected chi connectivity index (χ1v) is 8.07. The number of halogens is 2. The summed E-state index contributed by atoms with van der Waals surface area (Å²) in [5.74, 6) is 0.356. The molecule has 0 atom stereocenters. The van der Waals surface area contributed by atoms with Gasteiger partial charge in [0.05, 0.1) is 12.2 Å². The largest absolute Gasteiger partial charge is 0.383 e. The smallest absolute Gasteiger partial charge is 0.140 e. The highest BCUT2D eigenvalue weighted by Gasteiger charge is 2.16. The molecule has 0 amide bonds. The number of nitrogens with zero attached hydrogens (tertiary/aromatic N) is 3. The van der Waals surface area contributed by atoms with Gasteiger partial charge in [-0.25, -0.2) is 4.68 Å². The third-order valence-corrected chi connectivity index (χ3v) is 4.36. The van der Waals surface area contributed by atoms with Crippen molar-refractivity contribution in [1.29, 1.82) is 5.26 Å². The van der Waals surface area contributed by atoms with E-state index >= 15 is 0 Å². The minimum absolute atomic E-state index is 0.356. The van der Waals surface area contributed by atoms with E-state index in [0.717, 1.165) is 11.1 Å². The molecule has 120 valence electrons. The Labute approximate surface area is 150 Å². The Morgan fingerprint density at radius 3 is 2.46 bits per heavy atom. The van der Waals surface area contributed by atoms with Crippen molar-refractivity contribution in [3.8, 4) is 6.07 Å². The zero-order chi connectivity index (χ0) is 17.1. The molecule has 3 aromatic rings. The highest BCUT2D eigenvalue weighted by atomic mass is 35.5. The van der Waals surface area contributed by atoms with Crippen LogP contribution in [0.25, 0.3) is 0 Å². The van der Waals surface area contributed by atoms with E-state index in [4.69, 9.17) is 28.9 Å². The van der Waals surface area contributed by atoms with Crippen LogP contribution in [0, 0.1) is 11.3 Å². The lowest BCUT2D eigenvalue weighted by Crippen LogP contribution is -2.06. The van der Waals surface area contributed by atoms with Crippen LogP contribution >= 0.6 is 23.2 Å². The Morgan fingerprint density at radius 1 is 1.08 bits per heavy atom. The number of benzene rings is 2. The maximum Gasteiger partial charge on any atom is 0.140 e. The zero-order valence-electron chi connectivity index (χ0n) is 12.7. The van der Waals surface area contributed by atoms with Crippen LogP contribution in [-0.2, 0) is 13.0 Å². The molecule has 0 unspecified atom stereocenters. The highest BCUT2D eigenvalue weighted by molar-refractivity contribution is 6.31. The maximum absolute atomic E-state index is 9.43. The van der Waals surface area contributed by atoms with Gasteiger partial charge in [0.15, 0.2) is 0 Å². The minimum Gasteiger partial charge on any atom is -0.383 e. The number of nitriles is 1. The molecule has 0 bridgehead atoms. The SMILES string of the molecule is N#Cc1c(Cc2ccccc2Cl)nn(Cc2ccc(Cl)cc2)c1N. The second-order valence-electron chi connectivity index (χ2n) is 5.37. The van der Waals surface area contributed by atoms with Crippen molar-refractivity contribution < 1.29 is 0 Å². The summed E-state index contributed by atoms with van der Waals surface area (Å²) in [5.41, 5.74) is 9.03. The molecular weight excluding hydrogens is 343 g/mol.